The fraction of sp³-hybridized carbons (Fsp3) is 0.0270. The van der Waals surface area contributed by atoms with Gasteiger partial charge < -0.3 is 9.52 Å². The van der Waals surface area contributed by atoms with Crippen LogP contribution < -0.4 is 0 Å². The van der Waals surface area contributed by atoms with Gasteiger partial charge in [0.15, 0.2) is 0 Å². The zero-order chi connectivity index (χ0) is 26.8. The monoisotopic (exact) mass is 578 g/mol. The van der Waals surface area contributed by atoms with Crippen molar-refractivity contribution in [3.05, 3.63) is 155 Å². The molecule has 6 aromatic carbocycles. The summed E-state index contributed by atoms with van der Waals surface area (Å²) in [6, 6.07) is 45.5. The van der Waals surface area contributed by atoms with Crippen molar-refractivity contribution >= 4 is 37.9 Å². The number of para-hydroxylation sites is 1. The van der Waals surface area contributed by atoms with Crippen molar-refractivity contribution in [3.8, 4) is 33.4 Å². The molecule has 1 unspecified atom stereocenters. The van der Waals surface area contributed by atoms with Crippen LogP contribution in [-0.4, -0.2) is 5.11 Å². The summed E-state index contributed by atoms with van der Waals surface area (Å²) in [7, 11) is 0. The predicted octanol–water partition coefficient (Wildman–Crippen LogP) is 9.95. The van der Waals surface area contributed by atoms with E-state index in [9.17, 15) is 5.11 Å². The van der Waals surface area contributed by atoms with E-state index >= 15 is 0 Å². The first-order valence-corrected chi connectivity index (χ1v) is 14.1. The zero-order valence-electron chi connectivity index (χ0n) is 21.4. The van der Waals surface area contributed by atoms with Gasteiger partial charge in [0.05, 0.1) is 0 Å². The van der Waals surface area contributed by atoms with Gasteiger partial charge in [0.2, 0.25) is 0 Å². The molecule has 1 atom stereocenters. The number of aliphatic hydroxyl groups is 1. The van der Waals surface area contributed by atoms with Gasteiger partial charge in [-0.25, -0.2) is 0 Å². The highest BCUT2D eigenvalue weighted by atomic mass is 79.9. The number of hydrogen-bond acceptors (Lipinski definition) is 2. The molecule has 1 heterocycles. The van der Waals surface area contributed by atoms with Gasteiger partial charge in [0.1, 0.15) is 16.8 Å². The van der Waals surface area contributed by atoms with E-state index in [-0.39, 0.29) is 0 Å². The highest BCUT2D eigenvalue weighted by molar-refractivity contribution is 9.10. The molecule has 0 saturated heterocycles. The van der Waals surface area contributed by atoms with Crippen molar-refractivity contribution in [3.63, 3.8) is 0 Å². The summed E-state index contributed by atoms with van der Waals surface area (Å²) < 4.78 is 7.17. The van der Waals surface area contributed by atoms with Crippen LogP contribution >= 0.6 is 15.9 Å². The average molecular weight is 579 g/mol. The molecule has 7 aromatic rings. The summed E-state index contributed by atoms with van der Waals surface area (Å²) in [5, 5.41) is 15.4. The molecular weight excluding hydrogens is 556 g/mol. The van der Waals surface area contributed by atoms with Crippen LogP contribution in [0.5, 0.6) is 0 Å². The van der Waals surface area contributed by atoms with Crippen molar-refractivity contribution in [2.24, 2.45) is 0 Å². The Morgan fingerprint density at radius 1 is 0.475 bits per heavy atom. The lowest BCUT2D eigenvalue weighted by Crippen LogP contribution is -2.30. The normalized spacial score (nSPS) is 15.8. The molecule has 0 bridgehead atoms. The van der Waals surface area contributed by atoms with E-state index in [1.807, 2.05) is 48.5 Å². The van der Waals surface area contributed by atoms with E-state index in [0.717, 1.165) is 76.5 Å². The molecule has 1 N–H and O–H groups in total. The van der Waals surface area contributed by atoms with E-state index in [0.29, 0.717) is 0 Å². The van der Waals surface area contributed by atoms with Crippen molar-refractivity contribution in [2.45, 2.75) is 5.60 Å². The van der Waals surface area contributed by atoms with Gasteiger partial charge in [-0.15, -0.1) is 0 Å². The number of fused-ring (bicyclic) bond motifs is 8. The van der Waals surface area contributed by atoms with Crippen molar-refractivity contribution in [2.75, 3.05) is 0 Å². The first kappa shape index (κ1) is 23.4. The smallest absolute Gasteiger partial charge is 0.142 e. The molecule has 190 valence electrons. The standard InChI is InChI=1S/C37H23BrO2/c38-24-18-20-29-27-11-2-1-10-26(27)28-12-4-7-15-33(28)37(39,34(29)22-24)32-14-6-3-9-25(32)23-17-19-31-30-13-5-8-16-35(30)40-36(31)21-23/h1-22,39H. The lowest BCUT2D eigenvalue weighted by atomic mass is 9.75. The Balaban J connectivity index is 1.45. The zero-order valence-corrected chi connectivity index (χ0v) is 23.0. The third-order valence-electron chi connectivity index (χ3n) is 8.20. The number of furan rings is 1. The van der Waals surface area contributed by atoms with Gasteiger partial charge in [0, 0.05) is 31.9 Å². The molecule has 40 heavy (non-hydrogen) atoms. The van der Waals surface area contributed by atoms with E-state index in [1.165, 1.54) is 0 Å². The van der Waals surface area contributed by atoms with Crippen LogP contribution in [0.25, 0.3) is 55.3 Å². The van der Waals surface area contributed by atoms with Crippen LogP contribution in [-0.2, 0) is 5.60 Å². The molecule has 2 nitrogen and oxygen atoms in total. The molecule has 1 aliphatic carbocycles. The lowest BCUT2D eigenvalue weighted by molar-refractivity contribution is 0.127. The highest BCUT2D eigenvalue weighted by Gasteiger charge is 2.42. The minimum atomic E-state index is -1.42. The van der Waals surface area contributed by atoms with Gasteiger partial charge in [-0.3, -0.25) is 0 Å². The lowest BCUT2D eigenvalue weighted by Gasteiger charge is -2.33. The summed E-state index contributed by atoms with van der Waals surface area (Å²) in [6.45, 7) is 0. The fourth-order valence-electron chi connectivity index (χ4n) is 6.42. The number of benzene rings is 6. The van der Waals surface area contributed by atoms with Crippen LogP contribution in [0.15, 0.2) is 142 Å². The van der Waals surface area contributed by atoms with Crippen LogP contribution in [0, 0.1) is 0 Å². The Kier molecular flexibility index (Phi) is 5.15. The number of hydrogen-bond donors (Lipinski definition) is 1. The SMILES string of the molecule is OC1(c2ccccc2-c2ccc3c(c2)oc2ccccc23)c2ccccc2-c2ccccc2-c2ccc(Br)cc21. The molecule has 0 saturated carbocycles. The summed E-state index contributed by atoms with van der Waals surface area (Å²) in [6.07, 6.45) is 0. The quantitative estimate of drug-likeness (QED) is 0.221. The number of rotatable bonds is 2. The summed E-state index contributed by atoms with van der Waals surface area (Å²) in [5.74, 6) is 0. The predicted molar refractivity (Wildman–Crippen MR) is 166 cm³/mol. The van der Waals surface area contributed by atoms with Crippen LogP contribution in [0.2, 0.25) is 0 Å². The van der Waals surface area contributed by atoms with E-state index in [4.69, 9.17) is 4.42 Å². The largest absolute Gasteiger partial charge is 0.456 e. The van der Waals surface area contributed by atoms with Gasteiger partial charge in [-0.1, -0.05) is 119 Å². The topological polar surface area (TPSA) is 33.4 Å². The third kappa shape index (κ3) is 3.32. The van der Waals surface area contributed by atoms with Gasteiger partial charge in [-0.2, -0.15) is 0 Å². The fourth-order valence-corrected chi connectivity index (χ4v) is 6.78. The van der Waals surface area contributed by atoms with Gasteiger partial charge in [-0.05, 0) is 63.7 Å². The van der Waals surface area contributed by atoms with Crippen molar-refractivity contribution in [1.29, 1.82) is 0 Å². The number of halogens is 1. The second-order valence-electron chi connectivity index (χ2n) is 10.3. The maximum absolute atomic E-state index is 13.2. The average Bonchev–Trinajstić information content (AvgIpc) is 3.35. The Morgan fingerprint density at radius 2 is 1.05 bits per heavy atom. The summed E-state index contributed by atoms with van der Waals surface area (Å²) >= 11 is 3.70. The Hall–Kier alpha value is -4.44. The molecule has 8 rings (SSSR count). The molecule has 1 aromatic heterocycles. The maximum atomic E-state index is 13.2. The van der Waals surface area contributed by atoms with Crippen LogP contribution in [0.1, 0.15) is 16.7 Å². The molecule has 1 aliphatic rings. The van der Waals surface area contributed by atoms with Gasteiger partial charge >= 0.3 is 0 Å². The molecule has 0 radical (unpaired) electrons. The molecule has 0 aliphatic heterocycles. The van der Waals surface area contributed by atoms with Gasteiger partial charge in [0.25, 0.3) is 0 Å². The molecular formula is C37H23BrO2. The molecule has 0 fully saturated rings. The Labute approximate surface area is 240 Å². The molecule has 3 heteroatoms. The van der Waals surface area contributed by atoms with E-state index in [1.54, 1.807) is 0 Å². The Bertz CT molecular complexity index is 2100. The maximum Gasteiger partial charge on any atom is 0.142 e. The Morgan fingerprint density at radius 3 is 1.82 bits per heavy atom. The summed E-state index contributed by atoms with van der Waals surface area (Å²) in [4.78, 5) is 0. The first-order valence-electron chi connectivity index (χ1n) is 13.4. The third-order valence-corrected chi connectivity index (χ3v) is 8.70. The first-order chi connectivity index (χ1) is 19.6. The van der Waals surface area contributed by atoms with Crippen molar-refractivity contribution in [1.82, 2.24) is 0 Å². The summed E-state index contributed by atoms with van der Waals surface area (Å²) in [5.41, 5.74) is 9.01. The minimum absolute atomic E-state index is 0.824. The molecule has 0 spiro atoms. The molecule has 0 amide bonds. The highest BCUT2D eigenvalue weighted by Crippen LogP contribution is 2.52. The van der Waals surface area contributed by atoms with Crippen LogP contribution in [0.3, 0.4) is 0 Å². The second-order valence-corrected chi connectivity index (χ2v) is 11.3. The van der Waals surface area contributed by atoms with E-state index < -0.39 is 5.60 Å². The minimum Gasteiger partial charge on any atom is -0.456 e. The van der Waals surface area contributed by atoms with Crippen LogP contribution in [0.4, 0.5) is 0 Å². The van der Waals surface area contributed by atoms with E-state index in [2.05, 4.69) is 101 Å². The second kappa shape index (κ2) is 8.79. The van der Waals surface area contributed by atoms with Crippen molar-refractivity contribution < 1.29 is 9.52 Å².